The molecule has 0 atom stereocenters. The largest absolute Gasteiger partial charge is 0.379 e. The second-order valence-corrected chi connectivity index (χ2v) is 10.4. The van der Waals surface area contributed by atoms with Crippen molar-refractivity contribution in [3.8, 4) is 0 Å². The maximum atomic E-state index is 13.0. The minimum Gasteiger partial charge on any atom is -0.379 e. The number of benzene rings is 1. The number of aromatic nitrogens is 2. The first-order chi connectivity index (χ1) is 14.9. The number of sulfonamides is 1. The molecule has 1 amide bonds. The molecular weight excluding hydrogens is 416 g/mol. The average Bonchev–Trinajstić information content (AvgIpc) is 3.15. The number of amides is 1. The summed E-state index contributed by atoms with van der Waals surface area (Å²) in [6, 6.07) is 5.14. The van der Waals surface area contributed by atoms with Gasteiger partial charge in [0.25, 0.3) is 0 Å². The van der Waals surface area contributed by atoms with Crippen LogP contribution in [0.1, 0.15) is 38.9 Å². The topological polar surface area (TPSA) is 84.7 Å². The SMILES string of the molecule is CCn1c(CCC(=O)N2CCC(C)CC2)nc2cc(S(=O)(=O)N3CCOCC3)ccc21. The number of fused-ring (bicyclic) bond motifs is 1. The molecule has 9 heteroatoms. The number of carbonyl (C=O) groups excluding carboxylic acids is 1. The monoisotopic (exact) mass is 448 g/mol. The van der Waals surface area contributed by atoms with Gasteiger partial charge in [0.1, 0.15) is 5.82 Å². The third kappa shape index (κ3) is 4.63. The first kappa shape index (κ1) is 22.2. The standard InChI is InChI=1S/C22H32N4O4S/c1-3-26-20-5-4-18(31(28,29)25-12-14-30-15-13-25)16-19(20)23-21(26)6-7-22(27)24-10-8-17(2)9-11-24/h4-5,16-17H,3,6-15H2,1-2H3. The van der Waals surface area contributed by atoms with Crippen LogP contribution in [0.25, 0.3) is 11.0 Å². The van der Waals surface area contributed by atoms with Crippen molar-refractivity contribution in [3.05, 3.63) is 24.0 Å². The van der Waals surface area contributed by atoms with Crippen molar-refractivity contribution >= 4 is 27.0 Å². The quantitative estimate of drug-likeness (QED) is 0.677. The van der Waals surface area contributed by atoms with Crippen molar-refractivity contribution in [2.24, 2.45) is 5.92 Å². The van der Waals surface area contributed by atoms with Gasteiger partial charge in [-0.25, -0.2) is 13.4 Å². The van der Waals surface area contributed by atoms with E-state index >= 15 is 0 Å². The number of carbonyl (C=O) groups is 1. The lowest BCUT2D eigenvalue weighted by atomic mass is 9.99. The Morgan fingerprint density at radius 2 is 1.87 bits per heavy atom. The fraction of sp³-hybridized carbons (Fsp3) is 0.636. The molecule has 4 rings (SSSR count). The lowest BCUT2D eigenvalue weighted by Gasteiger charge is -2.30. The Balaban J connectivity index is 1.52. The summed E-state index contributed by atoms with van der Waals surface area (Å²) >= 11 is 0. The van der Waals surface area contributed by atoms with Crippen molar-refractivity contribution in [3.63, 3.8) is 0 Å². The summed E-state index contributed by atoms with van der Waals surface area (Å²) in [6.07, 6.45) is 3.12. The van der Waals surface area contributed by atoms with Gasteiger partial charge in [-0.15, -0.1) is 0 Å². The number of piperidine rings is 1. The lowest BCUT2D eigenvalue weighted by Crippen LogP contribution is -2.40. The van der Waals surface area contributed by atoms with E-state index in [2.05, 4.69) is 11.5 Å². The molecule has 0 aliphatic carbocycles. The molecule has 0 spiro atoms. The third-order valence-electron chi connectivity index (χ3n) is 6.42. The molecule has 0 radical (unpaired) electrons. The van der Waals surface area contributed by atoms with Crippen LogP contribution < -0.4 is 0 Å². The predicted molar refractivity (Wildman–Crippen MR) is 118 cm³/mol. The summed E-state index contributed by atoms with van der Waals surface area (Å²) in [7, 11) is -3.57. The van der Waals surface area contributed by atoms with Crippen molar-refractivity contribution < 1.29 is 17.9 Å². The number of hydrogen-bond donors (Lipinski definition) is 0. The van der Waals surface area contributed by atoms with E-state index in [4.69, 9.17) is 9.72 Å². The summed E-state index contributed by atoms with van der Waals surface area (Å²) in [5.74, 6) is 1.70. The number of rotatable bonds is 6. The van der Waals surface area contributed by atoms with E-state index in [-0.39, 0.29) is 10.8 Å². The fourth-order valence-electron chi connectivity index (χ4n) is 4.43. The third-order valence-corrected chi connectivity index (χ3v) is 8.32. The average molecular weight is 449 g/mol. The first-order valence-corrected chi connectivity index (χ1v) is 12.7. The molecule has 0 unspecified atom stereocenters. The second kappa shape index (κ2) is 9.26. The highest BCUT2D eigenvalue weighted by molar-refractivity contribution is 7.89. The van der Waals surface area contributed by atoms with Gasteiger partial charge in [-0.05, 0) is 43.9 Å². The summed E-state index contributed by atoms with van der Waals surface area (Å²) in [5.41, 5.74) is 1.56. The fourth-order valence-corrected chi connectivity index (χ4v) is 5.86. The van der Waals surface area contributed by atoms with Crippen molar-refractivity contribution in [2.75, 3.05) is 39.4 Å². The van der Waals surface area contributed by atoms with Gasteiger partial charge < -0.3 is 14.2 Å². The van der Waals surface area contributed by atoms with Gasteiger partial charge >= 0.3 is 0 Å². The van der Waals surface area contributed by atoms with E-state index in [1.54, 1.807) is 12.1 Å². The van der Waals surface area contributed by atoms with Crippen LogP contribution in [0, 0.1) is 5.92 Å². The maximum Gasteiger partial charge on any atom is 0.243 e. The molecular formula is C22H32N4O4S. The Morgan fingerprint density at radius 1 is 1.16 bits per heavy atom. The Labute approximate surface area is 184 Å². The van der Waals surface area contributed by atoms with Gasteiger partial charge in [-0.2, -0.15) is 4.31 Å². The number of hydrogen-bond acceptors (Lipinski definition) is 5. The van der Waals surface area contributed by atoms with Crippen LogP contribution >= 0.6 is 0 Å². The summed E-state index contributed by atoms with van der Waals surface area (Å²) < 4.78 is 34.8. The molecule has 8 nitrogen and oxygen atoms in total. The lowest BCUT2D eigenvalue weighted by molar-refractivity contribution is -0.132. The van der Waals surface area contributed by atoms with Crippen molar-refractivity contribution in [1.82, 2.24) is 18.8 Å². The Hall–Kier alpha value is -1.97. The highest BCUT2D eigenvalue weighted by Gasteiger charge is 2.27. The van der Waals surface area contributed by atoms with Crippen LogP contribution in [0.5, 0.6) is 0 Å². The van der Waals surface area contributed by atoms with E-state index in [9.17, 15) is 13.2 Å². The summed E-state index contributed by atoms with van der Waals surface area (Å²) in [6.45, 7) is 8.24. The first-order valence-electron chi connectivity index (χ1n) is 11.2. The van der Waals surface area contributed by atoms with Crippen LogP contribution in [-0.4, -0.2) is 72.5 Å². The molecule has 0 N–H and O–H groups in total. The number of ether oxygens (including phenoxy) is 1. The van der Waals surface area contributed by atoms with Gasteiger partial charge in [-0.1, -0.05) is 6.92 Å². The minimum atomic E-state index is -3.57. The molecule has 31 heavy (non-hydrogen) atoms. The highest BCUT2D eigenvalue weighted by atomic mass is 32.2. The van der Waals surface area contributed by atoms with E-state index < -0.39 is 10.0 Å². The smallest absolute Gasteiger partial charge is 0.243 e. The van der Waals surface area contributed by atoms with Gasteiger partial charge in [0, 0.05) is 45.6 Å². The molecule has 1 aromatic heterocycles. The zero-order valence-electron chi connectivity index (χ0n) is 18.4. The number of imidazole rings is 1. The molecule has 2 aromatic rings. The van der Waals surface area contributed by atoms with Crippen LogP contribution in [0.15, 0.2) is 23.1 Å². The molecule has 2 aliphatic rings. The van der Waals surface area contributed by atoms with Crippen molar-refractivity contribution in [2.45, 2.75) is 51.0 Å². The van der Waals surface area contributed by atoms with Gasteiger partial charge in [0.2, 0.25) is 15.9 Å². The predicted octanol–water partition coefficient (Wildman–Crippen LogP) is 2.27. The van der Waals surface area contributed by atoms with E-state index in [1.165, 1.54) is 4.31 Å². The van der Waals surface area contributed by atoms with Crippen molar-refractivity contribution in [1.29, 1.82) is 0 Å². The molecule has 2 fully saturated rings. The number of likely N-dealkylation sites (tertiary alicyclic amines) is 1. The Bertz CT molecular complexity index is 1040. The summed E-state index contributed by atoms with van der Waals surface area (Å²) in [5, 5.41) is 0. The van der Waals surface area contributed by atoms with Crippen LogP contribution in [0.2, 0.25) is 0 Å². The van der Waals surface area contributed by atoms with Crippen LogP contribution in [0.4, 0.5) is 0 Å². The van der Waals surface area contributed by atoms with E-state index in [1.807, 2.05) is 17.9 Å². The summed E-state index contributed by atoms with van der Waals surface area (Å²) in [4.78, 5) is 19.6. The van der Waals surface area contributed by atoms with Crippen LogP contribution in [-0.2, 0) is 32.5 Å². The molecule has 0 bridgehead atoms. The second-order valence-electron chi connectivity index (χ2n) is 8.50. The zero-order chi connectivity index (χ0) is 22.0. The van der Waals surface area contributed by atoms with Gasteiger partial charge in [0.15, 0.2) is 0 Å². The van der Waals surface area contributed by atoms with Gasteiger partial charge in [0.05, 0.1) is 29.1 Å². The van der Waals surface area contributed by atoms with Gasteiger partial charge in [-0.3, -0.25) is 4.79 Å². The minimum absolute atomic E-state index is 0.178. The van der Waals surface area contributed by atoms with E-state index in [0.717, 1.165) is 43.8 Å². The maximum absolute atomic E-state index is 13.0. The molecule has 3 heterocycles. The number of aryl methyl sites for hydroxylation is 2. The molecule has 170 valence electrons. The number of nitrogens with zero attached hydrogens (tertiary/aromatic N) is 4. The zero-order valence-corrected chi connectivity index (χ0v) is 19.2. The molecule has 0 saturated carbocycles. The molecule has 1 aromatic carbocycles. The number of morpholine rings is 1. The van der Waals surface area contributed by atoms with E-state index in [0.29, 0.717) is 50.6 Å². The normalized spacial score (nSPS) is 19.2. The molecule has 2 saturated heterocycles. The molecule has 2 aliphatic heterocycles. The van der Waals surface area contributed by atoms with Crippen LogP contribution in [0.3, 0.4) is 0 Å². The Kier molecular flexibility index (Phi) is 6.64. The Morgan fingerprint density at radius 3 is 2.55 bits per heavy atom. The highest BCUT2D eigenvalue weighted by Crippen LogP contribution is 2.24.